The van der Waals surface area contributed by atoms with Crippen LogP contribution >= 0.6 is 11.6 Å². The number of pyridine rings is 2. The van der Waals surface area contributed by atoms with Gasteiger partial charge in [-0.05, 0) is 48.0 Å². The molecule has 3 heterocycles. The highest BCUT2D eigenvalue weighted by atomic mass is 35.5. The van der Waals surface area contributed by atoms with E-state index in [2.05, 4.69) is 49.9 Å². The monoisotopic (exact) mass is 373 g/mol. The molecule has 0 saturated carbocycles. The molecule has 3 rings (SSSR count). The van der Waals surface area contributed by atoms with Gasteiger partial charge in [0.25, 0.3) is 0 Å². The summed E-state index contributed by atoms with van der Waals surface area (Å²) in [5.41, 5.74) is 3.91. The topological polar surface area (TPSA) is 39.4 Å². The van der Waals surface area contributed by atoms with Crippen molar-refractivity contribution < 1.29 is 4.43 Å². The second kappa shape index (κ2) is 6.55. The first-order valence-corrected chi connectivity index (χ1v) is 11.7. The molecule has 132 valence electrons. The summed E-state index contributed by atoms with van der Waals surface area (Å²) < 4.78 is 8.24. The van der Waals surface area contributed by atoms with Crippen LogP contribution in [0.4, 0.5) is 0 Å². The smallest absolute Gasteiger partial charge is 0.192 e. The average Bonchev–Trinajstić information content (AvgIpc) is 2.91. The van der Waals surface area contributed by atoms with Gasteiger partial charge in [0, 0.05) is 24.2 Å². The van der Waals surface area contributed by atoms with Gasteiger partial charge in [-0.15, -0.1) is 0 Å². The first kappa shape index (κ1) is 18.1. The van der Waals surface area contributed by atoms with Crippen molar-refractivity contribution in [3.8, 4) is 11.3 Å². The van der Waals surface area contributed by atoms with Gasteiger partial charge >= 0.3 is 0 Å². The van der Waals surface area contributed by atoms with E-state index < -0.39 is 8.32 Å². The molecule has 25 heavy (non-hydrogen) atoms. The minimum Gasteiger partial charge on any atom is -0.413 e. The fraction of sp³-hybridized carbons (Fsp3) is 0.368. The van der Waals surface area contributed by atoms with Crippen LogP contribution in [0.3, 0.4) is 0 Å². The zero-order valence-corrected chi connectivity index (χ0v) is 17.1. The quantitative estimate of drug-likeness (QED) is 0.561. The van der Waals surface area contributed by atoms with Gasteiger partial charge in [-0.2, -0.15) is 0 Å². The molecule has 0 saturated heterocycles. The maximum atomic E-state index is 6.32. The van der Waals surface area contributed by atoms with Gasteiger partial charge in [0.15, 0.2) is 8.32 Å². The molecule has 0 fully saturated rings. The third kappa shape index (κ3) is 3.94. The highest BCUT2D eigenvalue weighted by Crippen LogP contribution is 2.37. The summed E-state index contributed by atoms with van der Waals surface area (Å²) in [7, 11) is -1.77. The summed E-state index contributed by atoms with van der Waals surface area (Å²) >= 11 is 5.97. The van der Waals surface area contributed by atoms with Crippen LogP contribution in [0.2, 0.25) is 23.3 Å². The van der Waals surface area contributed by atoms with Crippen molar-refractivity contribution in [2.75, 3.05) is 0 Å². The van der Waals surface area contributed by atoms with Crippen molar-refractivity contribution in [1.29, 1.82) is 0 Å². The second-order valence-corrected chi connectivity index (χ2v) is 13.0. The van der Waals surface area contributed by atoms with Crippen LogP contribution in [0, 0.1) is 0 Å². The number of fused-ring (bicyclic) bond motifs is 1. The zero-order chi connectivity index (χ0) is 18.2. The average molecular weight is 374 g/mol. The molecular weight excluding hydrogens is 350 g/mol. The highest BCUT2D eigenvalue weighted by molar-refractivity contribution is 6.74. The number of hydrogen-bond acceptors (Lipinski definition) is 3. The molecule has 4 nitrogen and oxygen atoms in total. The van der Waals surface area contributed by atoms with Gasteiger partial charge in [-0.25, -0.2) is 4.98 Å². The maximum Gasteiger partial charge on any atom is 0.192 e. The van der Waals surface area contributed by atoms with Gasteiger partial charge in [0.1, 0.15) is 10.8 Å². The van der Waals surface area contributed by atoms with Crippen molar-refractivity contribution in [2.45, 2.75) is 45.5 Å². The second-order valence-electron chi connectivity index (χ2n) is 7.85. The Balaban J connectivity index is 1.83. The molecule has 0 aliphatic carbocycles. The molecule has 3 aromatic heterocycles. The lowest BCUT2D eigenvalue weighted by atomic mass is 10.1. The third-order valence-corrected chi connectivity index (χ3v) is 9.61. The van der Waals surface area contributed by atoms with E-state index in [1.54, 1.807) is 6.20 Å². The number of halogens is 1. The normalized spacial score (nSPS) is 12.7. The van der Waals surface area contributed by atoms with E-state index in [0.717, 1.165) is 22.5 Å². The van der Waals surface area contributed by atoms with Gasteiger partial charge in [-0.1, -0.05) is 32.4 Å². The number of nitrogens with zero attached hydrogens (tertiary/aromatic N) is 3. The van der Waals surface area contributed by atoms with Crippen molar-refractivity contribution in [3.05, 3.63) is 53.6 Å². The van der Waals surface area contributed by atoms with Crippen LogP contribution in [-0.2, 0) is 11.0 Å². The van der Waals surface area contributed by atoms with Crippen LogP contribution in [-0.4, -0.2) is 22.7 Å². The molecule has 0 unspecified atom stereocenters. The summed E-state index contributed by atoms with van der Waals surface area (Å²) in [4.78, 5) is 8.74. The number of hydrogen-bond donors (Lipinski definition) is 0. The van der Waals surface area contributed by atoms with Gasteiger partial charge in [0.05, 0.1) is 12.3 Å². The van der Waals surface area contributed by atoms with E-state index in [1.807, 2.05) is 35.0 Å². The Morgan fingerprint density at radius 2 is 1.92 bits per heavy atom. The Morgan fingerprint density at radius 1 is 1.16 bits per heavy atom. The summed E-state index contributed by atoms with van der Waals surface area (Å²) in [5, 5.41) is 0.691. The van der Waals surface area contributed by atoms with Crippen LogP contribution in [0.15, 0.2) is 42.9 Å². The molecule has 0 aliphatic rings. The van der Waals surface area contributed by atoms with Crippen LogP contribution in [0.25, 0.3) is 16.9 Å². The van der Waals surface area contributed by atoms with Crippen molar-refractivity contribution >= 4 is 25.6 Å². The molecule has 0 radical (unpaired) electrons. The third-order valence-electron chi connectivity index (χ3n) is 4.95. The Kier molecular flexibility index (Phi) is 4.75. The predicted molar refractivity (Wildman–Crippen MR) is 105 cm³/mol. The summed E-state index contributed by atoms with van der Waals surface area (Å²) in [6, 6.07) is 8.07. The van der Waals surface area contributed by atoms with Crippen molar-refractivity contribution in [2.24, 2.45) is 0 Å². The Morgan fingerprint density at radius 3 is 2.64 bits per heavy atom. The van der Waals surface area contributed by atoms with E-state index >= 15 is 0 Å². The fourth-order valence-corrected chi connectivity index (χ4v) is 3.47. The lowest BCUT2D eigenvalue weighted by molar-refractivity contribution is 0.276. The first-order chi connectivity index (χ1) is 11.7. The summed E-state index contributed by atoms with van der Waals surface area (Å²) in [6.07, 6.45) is 5.63. The summed E-state index contributed by atoms with van der Waals surface area (Å²) in [6.45, 7) is 11.9. The molecule has 0 N–H and O–H groups in total. The Bertz CT molecular complexity index is 899. The number of rotatable bonds is 4. The van der Waals surface area contributed by atoms with Crippen LogP contribution in [0.5, 0.6) is 0 Å². The Hall–Kier alpha value is -1.69. The molecule has 3 aromatic rings. The lowest BCUT2D eigenvalue weighted by Crippen LogP contribution is -2.40. The van der Waals surface area contributed by atoms with Crippen LogP contribution < -0.4 is 0 Å². The standard InChI is InChI=1S/C19H24ClN3OSi/c1-19(2,3)25(4,5)24-13-14-8-9-21-16(10-14)15-6-7-18-22-17(20)12-23(18)11-15/h6-12H,13H2,1-5H3. The largest absolute Gasteiger partial charge is 0.413 e. The first-order valence-electron chi connectivity index (χ1n) is 8.39. The van der Waals surface area contributed by atoms with Crippen molar-refractivity contribution in [3.63, 3.8) is 0 Å². The SMILES string of the molecule is CC(C)(C)[Si](C)(C)OCc1ccnc(-c2ccc3nc(Cl)cn3c2)c1. The molecular formula is C19H24ClN3OSi. The van der Waals surface area contributed by atoms with E-state index in [0.29, 0.717) is 11.8 Å². The maximum absolute atomic E-state index is 6.32. The number of aromatic nitrogens is 3. The lowest BCUT2D eigenvalue weighted by Gasteiger charge is -2.36. The predicted octanol–water partition coefficient (Wildman–Crippen LogP) is 5.57. The van der Waals surface area contributed by atoms with E-state index in [1.165, 1.54) is 0 Å². The van der Waals surface area contributed by atoms with Crippen molar-refractivity contribution in [1.82, 2.24) is 14.4 Å². The molecule has 0 aromatic carbocycles. The molecule has 0 amide bonds. The molecule has 0 atom stereocenters. The van der Waals surface area contributed by atoms with E-state index in [4.69, 9.17) is 16.0 Å². The minimum atomic E-state index is -1.77. The van der Waals surface area contributed by atoms with Gasteiger partial charge in [0.2, 0.25) is 0 Å². The van der Waals surface area contributed by atoms with E-state index in [-0.39, 0.29) is 5.04 Å². The van der Waals surface area contributed by atoms with Gasteiger partial charge < -0.3 is 8.83 Å². The summed E-state index contributed by atoms with van der Waals surface area (Å²) in [5.74, 6) is 0. The minimum absolute atomic E-state index is 0.203. The zero-order valence-electron chi connectivity index (χ0n) is 15.4. The molecule has 0 aliphatic heterocycles. The van der Waals surface area contributed by atoms with Gasteiger partial charge in [-0.3, -0.25) is 4.98 Å². The number of imidazole rings is 1. The fourth-order valence-electron chi connectivity index (χ4n) is 2.31. The molecule has 6 heteroatoms. The molecule has 0 bridgehead atoms. The van der Waals surface area contributed by atoms with Crippen LogP contribution in [0.1, 0.15) is 26.3 Å². The Labute approximate surface area is 155 Å². The molecule has 0 spiro atoms. The van der Waals surface area contributed by atoms with E-state index in [9.17, 15) is 0 Å². The highest BCUT2D eigenvalue weighted by Gasteiger charge is 2.37.